The second kappa shape index (κ2) is 20.6. The lowest BCUT2D eigenvalue weighted by Gasteiger charge is -2.09. The third-order valence-electron chi connectivity index (χ3n) is 4.57. The fraction of sp³-hybridized carbons (Fsp3) is 0.864. The van der Waals surface area contributed by atoms with Crippen LogP contribution in [0.4, 0.5) is 0 Å². The molecule has 0 rings (SSSR count). The zero-order valence-corrected chi connectivity index (χ0v) is 17.0. The van der Waals surface area contributed by atoms with Crippen LogP contribution in [0.15, 0.2) is 12.2 Å². The molecule has 1 unspecified atom stereocenters. The van der Waals surface area contributed by atoms with E-state index >= 15 is 0 Å². The molecule has 0 fully saturated rings. The molecule has 154 valence electrons. The summed E-state index contributed by atoms with van der Waals surface area (Å²) in [6.07, 6.45) is 20.0. The molecule has 4 nitrogen and oxygen atoms in total. The van der Waals surface area contributed by atoms with E-state index in [0.29, 0.717) is 6.42 Å². The number of allylic oxidation sites excluding steroid dienone is 2. The number of rotatable bonds is 20. The third-order valence-corrected chi connectivity index (χ3v) is 4.57. The van der Waals surface area contributed by atoms with Gasteiger partial charge in [-0.3, -0.25) is 4.79 Å². The van der Waals surface area contributed by atoms with Gasteiger partial charge >= 0.3 is 0 Å². The lowest BCUT2D eigenvalue weighted by molar-refractivity contribution is -0.130. The number of carbonyl (C=O) groups is 1. The van der Waals surface area contributed by atoms with E-state index in [1.165, 1.54) is 57.8 Å². The molecule has 0 aromatic carbocycles. The van der Waals surface area contributed by atoms with Gasteiger partial charge in [0, 0.05) is 6.42 Å². The molecular formula is C22H42O4. The Morgan fingerprint density at radius 1 is 0.885 bits per heavy atom. The molecule has 0 saturated heterocycles. The highest BCUT2D eigenvalue weighted by Crippen LogP contribution is 2.10. The van der Waals surface area contributed by atoms with Gasteiger partial charge in [0.1, 0.15) is 6.10 Å². The first-order chi connectivity index (χ1) is 12.7. The number of carbonyl (C=O) groups excluding carboxylic acids is 1. The van der Waals surface area contributed by atoms with Crippen LogP contribution in [-0.4, -0.2) is 41.9 Å². The van der Waals surface area contributed by atoms with Crippen molar-refractivity contribution in [3.63, 3.8) is 0 Å². The molecule has 0 saturated carbocycles. The molecule has 4 heteroatoms. The van der Waals surface area contributed by atoms with Crippen LogP contribution < -0.4 is 0 Å². The lowest BCUT2D eigenvalue weighted by Crippen LogP contribution is -2.26. The topological polar surface area (TPSA) is 66.8 Å². The Labute approximate surface area is 161 Å². The Balaban J connectivity index is 3.30. The average Bonchev–Trinajstić information content (AvgIpc) is 2.64. The van der Waals surface area contributed by atoms with Crippen molar-refractivity contribution in [3.05, 3.63) is 12.2 Å². The zero-order valence-electron chi connectivity index (χ0n) is 17.0. The molecule has 0 aliphatic carbocycles. The Kier molecular flexibility index (Phi) is 20.0. The van der Waals surface area contributed by atoms with Crippen LogP contribution >= 0.6 is 0 Å². The van der Waals surface area contributed by atoms with E-state index in [1.54, 1.807) is 0 Å². The van der Waals surface area contributed by atoms with E-state index in [-0.39, 0.29) is 25.6 Å². The van der Waals surface area contributed by atoms with Crippen LogP contribution in [0.3, 0.4) is 0 Å². The van der Waals surface area contributed by atoms with E-state index in [0.717, 1.165) is 25.7 Å². The van der Waals surface area contributed by atoms with Gasteiger partial charge in [0.05, 0.1) is 19.8 Å². The molecule has 0 aromatic heterocycles. The summed E-state index contributed by atoms with van der Waals surface area (Å²) in [4.78, 5) is 11.7. The van der Waals surface area contributed by atoms with E-state index in [1.807, 2.05) is 0 Å². The van der Waals surface area contributed by atoms with Crippen LogP contribution in [0.1, 0.15) is 96.8 Å². The minimum atomic E-state index is -1.04. The third kappa shape index (κ3) is 18.1. The van der Waals surface area contributed by atoms with E-state index < -0.39 is 6.10 Å². The molecule has 0 heterocycles. The molecule has 1 atom stereocenters. The van der Waals surface area contributed by atoms with Gasteiger partial charge in [-0.15, -0.1) is 0 Å². The van der Waals surface area contributed by atoms with Crippen LogP contribution in [0.25, 0.3) is 0 Å². The summed E-state index contributed by atoms with van der Waals surface area (Å²) < 4.78 is 4.97. The lowest BCUT2D eigenvalue weighted by atomic mass is 10.1. The van der Waals surface area contributed by atoms with Crippen molar-refractivity contribution in [2.75, 3.05) is 19.8 Å². The quantitative estimate of drug-likeness (QED) is 0.235. The summed E-state index contributed by atoms with van der Waals surface area (Å²) in [5.41, 5.74) is 0. The van der Waals surface area contributed by atoms with Crippen molar-refractivity contribution >= 4 is 5.78 Å². The van der Waals surface area contributed by atoms with E-state index in [4.69, 9.17) is 9.84 Å². The van der Waals surface area contributed by atoms with Gasteiger partial charge in [-0.2, -0.15) is 0 Å². The molecule has 0 amide bonds. The van der Waals surface area contributed by atoms with Crippen molar-refractivity contribution in [2.24, 2.45) is 0 Å². The number of aliphatic hydroxyl groups excluding tert-OH is 2. The average molecular weight is 371 g/mol. The van der Waals surface area contributed by atoms with E-state index in [2.05, 4.69) is 19.1 Å². The van der Waals surface area contributed by atoms with Gasteiger partial charge in [0.2, 0.25) is 0 Å². The molecule has 0 bridgehead atoms. The van der Waals surface area contributed by atoms with Gasteiger partial charge < -0.3 is 14.9 Å². The molecule has 0 aromatic rings. The van der Waals surface area contributed by atoms with Crippen molar-refractivity contribution in [1.82, 2.24) is 0 Å². The maximum Gasteiger partial charge on any atom is 0.163 e. The minimum Gasteiger partial charge on any atom is -0.394 e. The number of hydrogen-bond donors (Lipinski definition) is 2. The number of hydrogen-bond acceptors (Lipinski definition) is 4. The number of unbranched alkanes of at least 4 members (excludes halogenated alkanes) is 11. The molecule has 26 heavy (non-hydrogen) atoms. The van der Waals surface area contributed by atoms with Crippen molar-refractivity contribution in [1.29, 1.82) is 0 Å². The second-order valence-corrected chi connectivity index (χ2v) is 7.11. The van der Waals surface area contributed by atoms with Gasteiger partial charge in [-0.1, -0.05) is 70.4 Å². The first kappa shape index (κ1) is 25.3. The SMILES string of the molecule is CCCCCCCCC=CCCCCCCCC(=O)C(O)COCCO. The molecule has 0 aliphatic heterocycles. The number of ether oxygens (including phenoxy) is 1. The van der Waals surface area contributed by atoms with E-state index in [9.17, 15) is 9.90 Å². The molecule has 0 radical (unpaired) electrons. The first-order valence-electron chi connectivity index (χ1n) is 10.8. The number of ketones is 1. The zero-order chi connectivity index (χ0) is 19.3. The number of Topliss-reactive ketones (excluding diaryl/α,β-unsaturated/α-hetero) is 1. The van der Waals surface area contributed by atoms with Gasteiger partial charge in [-0.25, -0.2) is 0 Å². The Morgan fingerprint density at radius 3 is 2.00 bits per heavy atom. The van der Waals surface area contributed by atoms with Crippen molar-refractivity contribution in [3.8, 4) is 0 Å². The smallest absolute Gasteiger partial charge is 0.163 e. The summed E-state index contributed by atoms with van der Waals surface area (Å²) >= 11 is 0. The summed E-state index contributed by atoms with van der Waals surface area (Å²) in [7, 11) is 0. The van der Waals surface area contributed by atoms with Crippen LogP contribution in [-0.2, 0) is 9.53 Å². The highest BCUT2D eigenvalue weighted by Gasteiger charge is 2.14. The molecule has 0 spiro atoms. The Hall–Kier alpha value is -0.710. The monoisotopic (exact) mass is 370 g/mol. The highest BCUT2D eigenvalue weighted by molar-refractivity contribution is 5.82. The first-order valence-corrected chi connectivity index (χ1v) is 10.8. The molecule has 0 aliphatic rings. The maximum absolute atomic E-state index is 11.7. The normalized spacial score (nSPS) is 12.7. The Bertz CT molecular complexity index is 328. The predicted molar refractivity (Wildman–Crippen MR) is 108 cm³/mol. The predicted octanol–water partition coefficient (Wildman–Crippen LogP) is 4.96. The van der Waals surface area contributed by atoms with Crippen molar-refractivity contribution < 1.29 is 19.7 Å². The van der Waals surface area contributed by atoms with Gasteiger partial charge in [0.15, 0.2) is 5.78 Å². The largest absolute Gasteiger partial charge is 0.394 e. The maximum atomic E-state index is 11.7. The summed E-state index contributed by atoms with van der Waals surface area (Å²) in [6.45, 7) is 2.32. The fourth-order valence-corrected chi connectivity index (χ4v) is 2.89. The van der Waals surface area contributed by atoms with Crippen LogP contribution in [0, 0.1) is 0 Å². The number of aliphatic hydroxyl groups is 2. The van der Waals surface area contributed by atoms with Crippen LogP contribution in [0.5, 0.6) is 0 Å². The Morgan fingerprint density at radius 2 is 1.42 bits per heavy atom. The molecule has 2 N–H and O–H groups in total. The summed E-state index contributed by atoms with van der Waals surface area (Å²) in [5.74, 6) is -0.152. The fourth-order valence-electron chi connectivity index (χ4n) is 2.89. The van der Waals surface area contributed by atoms with Gasteiger partial charge in [-0.05, 0) is 32.1 Å². The minimum absolute atomic E-state index is 0.00946. The highest BCUT2D eigenvalue weighted by atomic mass is 16.5. The van der Waals surface area contributed by atoms with Crippen LogP contribution in [0.2, 0.25) is 0 Å². The summed E-state index contributed by atoms with van der Waals surface area (Å²) in [5, 5.41) is 18.2. The second-order valence-electron chi connectivity index (χ2n) is 7.11. The standard InChI is InChI=1S/C22H42O4/c1-2-3-4-5-6-7-8-9-10-11-12-13-14-15-16-17-21(24)22(25)20-26-19-18-23/h9-10,22-23,25H,2-8,11-20H2,1H3. The molecular weight excluding hydrogens is 328 g/mol. The van der Waals surface area contributed by atoms with Gasteiger partial charge in [0.25, 0.3) is 0 Å². The van der Waals surface area contributed by atoms with Crippen molar-refractivity contribution in [2.45, 2.75) is 103 Å². The summed E-state index contributed by atoms with van der Waals surface area (Å²) in [6, 6.07) is 0.